The fourth-order valence-corrected chi connectivity index (χ4v) is 3.57. The zero-order valence-corrected chi connectivity index (χ0v) is 19.4. The summed E-state index contributed by atoms with van der Waals surface area (Å²) in [6, 6.07) is 24.3. The number of carbonyl (C=O) groups is 1. The van der Waals surface area contributed by atoms with Crippen LogP contribution in [0.2, 0.25) is 0 Å². The van der Waals surface area contributed by atoms with Crippen LogP contribution in [0, 0.1) is 6.92 Å². The summed E-state index contributed by atoms with van der Waals surface area (Å²) < 4.78 is 11.0. The van der Waals surface area contributed by atoms with Gasteiger partial charge in [-0.05, 0) is 67.0 Å². The van der Waals surface area contributed by atoms with Crippen LogP contribution in [0.5, 0.6) is 5.75 Å². The smallest absolute Gasteiger partial charge is 0.336 e. The summed E-state index contributed by atoms with van der Waals surface area (Å²) >= 11 is 5.24. The highest BCUT2D eigenvalue weighted by molar-refractivity contribution is 7.80. The van der Waals surface area contributed by atoms with Gasteiger partial charge in [-0.3, -0.25) is 15.6 Å². The Morgan fingerprint density at radius 1 is 0.941 bits per heavy atom. The molecule has 0 aliphatic carbocycles. The number of benzene rings is 3. The average molecular weight is 474 g/mol. The quantitative estimate of drug-likeness (QED) is 0.222. The van der Waals surface area contributed by atoms with E-state index in [0.29, 0.717) is 17.0 Å². The van der Waals surface area contributed by atoms with Crippen LogP contribution in [0.1, 0.15) is 12.5 Å². The second-order valence-corrected chi connectivity index (χ2v) is 8.09. The molecule has 1 aromatic heterocycles. The van der Waals surface area contributed by atoms with E-state index in [2.05, 4.69) is 16.2 Å². The Morgan fingerprint density at radius 2 is 1.65 bits per heavy atom. The van der Waals surface area contributed by atoms with Crippen molar-refractivity contribution in [3.05, 3.63) is 94.8 Å². The summed E-state index contributed by atoms with van der Waals surface area (Å²) in [6.45, 7) is 3.49. The van der Waals surface area contributed by atoms with Gasteiger partial charge < -0.3 is 14.5 Å². The minimum atomic E-state index is -0.754. The molecule has 0 saturated carbocycles. The van der Waals surface area contributed by atoms with Crippen molar-refractivity contribution in [2.45, 2.75) is 20.0 Å². The number of fused-ring (bicyclic) bond motifs is 1. The van der Waals surface area contributed by atoms with Crippen LogP contribution in [0.4, 0.5) is 5.69 Å². The molecule has 3 aromatic carbocycles. The molecule has 34 heavy (non-hydrogen) atoms. The van der Waals surface area contributed by atoms with Crippen molar-refractivity contribution >= 4 is 39.9 Å². The molecule has 172 valence electrons. The second kappa shape index (κ2) is 10.2. The maximum absolute atomic E-state index is 12.4. The van der Waals surface area contributed by atoms with E-state index in [9.17, 15) is 9.59 Å². The lowest BCUT2D eigenvalue weighted by Crippen LogP contribution is -2.48. The minimum absolute atomic E-state index is 0.169. The molecule has 0 aliphatic heterocycles. The molecule has 8 heteroatoms. The van der Waals surface area contributed by atoms with Gasteiger partial charge in [0.05, 0.1) is 0 Å². The molecule has 4 rings (SSSR count). The number of aryl methyl sites for hydroxylation is 1. The van der Waals surface area contributed by atoms with E-state index in [1.165, 1.54) is 6.07 Å². The molecule has 0 bridgehead atoms. The first-order chi connectivity index (χ1) is 16.4. The van der Waals surface area contributed by atoms with E-state index in [-0.39, 0.29) is 5.11 Å². The number of hydrazine groups is 1. The van der Waals surface area contributed by atoms with Crippen molar-refractivity contribution in [2.24, 2.45) is 0 Å². The Labute approximate surface area is 201 Å². The van der Waals surface area contributed by atoms with Gasteiger partial charge in [0.1, 0.15) is 11.3 Å². The van der Waals surface area contributed by atoms with Gasteiger partial charge in [-0.1, -0.05) is 42.5 Å². The van der Waals surface area contributed by atoms with Gasteiger partial charge >= 0.3 is 5.63 Å². The van der Waals surface area contributed by atoms with E-state index < -0.39 is 17.6 Å². The number of amides is 1. The van der Waals surface area contributed by atoms with Crippen LogP contribution in [0.25, 0.3) is 22.1 Å². The SMILES string of the molecule is Cc1cc(=O)oc2cc(NC(=S)NNC(=O)[C@@H](C)Oc3ccc(-c4ccccc4)cc3)ccc12. The summed E-state index contributed by atoms with van der Waals surface area (Å²) in [4.78, 5) is 24.0. The highest BCUT2D eigenvalue weighted by Gasteiger charge is 2.15. The lowest BCUT2D eigenvalue weighted by atomic mass is 10.1. The van der Waals surface area contributed by atoms with Gasteiger partial charge in [-0.15, -0.1) is 0 Å². The highest BCUT2D eigenvalue weighted by Crippen LogP contribution is 2.23. The topological polar surface area (TPSA) is 92.6 Å². The number of ether oxygens (including phenoxy) is 1. The van der Waals surface area contributed by atoms with E-state index in [4.69, 9.17) is 21.4 Å². The van der Waals surface area contributed by atoms with Gasteiger partial charge in [-0.25, -0.2) is 4.79 Å². The molecule has 0 aliphatic rings. The summed E-state index contributed by atoms with van der Waals surface area (Å²) in [5.74, 6) is 0.187. The van der Waals surface area contributed by atoms with Gasteiger partial charge in [-0.2, -0.15) is 0 Å². The first-order valence-corrected chi connectivity index (χ1v) is 11.0. The van der Waals surface area contributed by atoms with Crippen molar-refractivity contribution in [1.82, 2.24) is 10.9 Å². The molecule has 4 aromatic rings. The highest BCUT2D eigenvalue weighted by atomic mass is 32.1. The predicted octanol–water partition coefficient (Wildman–Crippen LogP) is 4.55. The van der Waals surface area contributed by atoms with E-state index in [0.717, 1.165) is 22.1 Å². The molecule has 1 amide bonds. The average Bonchev–Trinajstić information content (AvgIpc) is 2.83. The predicted molar refractivity (Wildman–Crippen MR) is 137 cm³/mol. The van der Waals surface area contributed by atoms with Crippen LogP contribution >= 0.6 is 12.2 Å². The zero-order chi connectivity index (χ0) is 24.1. The van der Waals surface area contributed by atoms with Crippen LogP contribution < -0.4 is 26.5 Å². The Morgan fingerprint density at radius 3 is 2.38 bits per heavy atom. The maximum atomic E-state index is 12.4. The summed E-state index contributed by atoms with van der Waals surface area (Å²) in [5, 5.41) is 3.94. The minimum Gasteiger partial charge on any atom is -0.481 e. The van der Waals surface area contributed by atoms with Crippen molar-refractivity contribution < 1.29 is 13.9 Å². The Bertz CT molecular complexity index is 1390. The van der Waals surface area contributed by atoms with Crippen LogP contribution in [-0.2, 0) is 4.79 Å². The molecular formula is C26H23N3O4S. The first-order valence-electron chi connectivity index (χ1n) is 10.6. The normalized spacial score (nSPS) is 11.5. The number of hydrogen-bond acceptors (Lipinski definition) is 5. The number of thiocarbonyl (C=S) groups is 1. The molecule has 0 saturated heterocycles. The molecule has 0 fully saturated rings. The van der Waals surface area contributed by atoms with Gasteiger partial charge in [0.15, 0.2) is 11.2 Å². The monoisotopic (exact) mass is 473 g/mol. The molecule has 0 unspecified atom stereocenters. The fourth-order valence-electron chi connectivity index (χ4n) is 3.40. The lowest BCUT2D eigenvalue weighted by Gasteiger charge is -2.17. The van der Waals surface area contributed by atoms with Gasteiger partial charge in [0, 0.05) is 23.2 Å². The molecule has 0 spiro atoms. The fraction of sp³-hybridized carbons (Fsp3) is 0.115. The number of rotatable bonds is 5. The van der Waals surface area contributed by atoms with Gasteiger partial charge in [0.2, 0.25) is 0 Å². The first kappa shape index (κ1) is 23.0. The van der Waals surface area contributed by atoms with Crippen molar-refractivity contribution in [2.75, 3.05) is 5.32 Å². The Balaban J connectivity index is 1.29. The van der Waals surface area contributed by atoms with Crippen LogP contribution in [0.3, 0.4) is 0 Å². The molecule has 1 heterocycles. The molecule has 7 nitrogen and oxygen atoms in total. The van der Waals surface area contributed by atoms with Crippen LogP contribution in [0.15, 0.2) is 88.1 Å². The third kappa shape index (κ3) is 5.60. The van der Waals surface area contributed by atoms with Crippen LogP contribution in [-0.4, -0.2) is 17.1 Å². The largest absolute Gasteiger partial charge is 0.481 e. The van der Waals surface area contributed by atoms with E-state index in [1.54, 1.807) is 19.1 Å². The second-order valence-electron chi connectivity index (χ2n) is 7.68. The number of anilines is 1. The van der Waals surface area contributed by atoms with E-state index >= 15 is 0 Å². The van der Waals surface area contributed by atoms with Gasteiger partial charge in [0.25, 0.3) is 5.91 Å². The number of carbonyl (C=O) groups excluding carboxylic acids is 1. The molecule has 3 N–H and O–H groups in total. The lowest BCUT2D eigenvalue weighted by molar-refractivity contribution is -0.127. The van der Waals surface area contributed by atoms with Crippen molar-refractivity contribution in [3.8, 4) is 16.9 Å². The standard InChI is InChI=1S/C26H23N3O4S/c1-16-14-24(30)33-23-15-20(10-13-22(16)23)27-26(34)29-28-25(31)17(2)32-21-11-8-19(9-12-21)18-6-4-3-5-7-18/h3-15,17H,1-2H3,(H,28,31)(H2,27,29,34)/t17-/m1/s1. The maximum Gasteiger partial charge on any atom is 0.336 e. The Hall–Kier alpha value is -4.17. The zero-order valence-electron chi connectivity index (χ0n) is 18.6. The molecule has 0 radical (unpaired) electrons. The number of nitrogens with one attached hydrogen (secondary N) is 3. The summed E-state index contributed by atoms with van der Waals surface area (Å²) in [5.41, 5.74) is 8.80. The van der Waals surface area contributed by atoms with Crippen molar-refractivity contribution in [3.63, 3.8) is 0 Å². The molecular weight excluding hydrogens is 450 g/mol. The van der Waals surface area contributed by atoms with E-state index in [1.807, 2.05) is 67.6 Å². The van der Waals surface area contributed by atoms with Crippen molar-refractivity contribution in [1.29, 1.82) is 0 Å². The third-order valence-corrected chi connectivity index (χ3v) is 5.36. The third-order valence-electron chi connectivity index (χ3n) is 5.15. The summed E-state index contributed by atoms with van der Waals surface area (Å²) in [6.07, 6.45) is -0.754. The summed E-state index contributed by atoms with van der Waals surface area (Å²) in [7, 11) is 0. The number of hydrogen-bond donors (Lipinski definition) is 3. The molecule has 1 atom stereocenters. The Kier molecular flexibility index (Phi) is 6.89.